The van der Waals surface area contributed by atoms with Crippen LogP contribution in [0.4, 0.5) is 0 Å². The highest BCUT2D eigenvalue weighted by Gasteiger charge is 2.33. The van der Waals surface area contributed by atoms with Gasteiger partial charge in [0.05, 0.1) is 0 Å². The van der Waals surface area contributed by atoms with Crippen LogP contribution in [0.3, 0.4) is 0 Å². The second-order valence-corrected chi connectivity index (χ2v) is 8.97. The van der Waals surface area contributed by atoms with Gasteiger partial charge < -0.3 is 4.90 Å². The van der Waals surface area contributed by atoms with E-state index in [1.165, 1.54) is 0 Å². The summed E-state index contributed by atoms with van der Waals surface area (Å²) in [5.41, 5.74) is 2.31. The largest absolute Gasteiger partial charge is 0.336 e. The molecule has 26 heavy (non-hydrogen) atoms. The Morgan fingerprint density at radius 1 is 1.00 bits per heavy atom. The first-order valence-corrected chi connectivity index (χ1v) is 10.9. The molecule has 1 aromatic heterocycles. The molecule has 2 aliphatic rings. The first-order valence-electron chi connectivity index (χ1n) is 9.53. The van der Waals surface area contributed by atoms with Crippen molar-refractivity contribution in [1.29, 1.82) is 0 Å². The summed E-state index contributed by atoms with van der Waals surface area (Å²) in [6.07, 6.45) is 4.39. The molecule has 1 N–H and O–H groups in total. The number of carbonyl (C=O) groups is 1. The van der Waals surface area contributed by atoms with Crippen molar-refractivity contribution in [3.8, 4) is 0 Å². The number of aromatic nitrogens is 2. The molecule has 0 radical (unpaired) electrons. The molecular weight excluding hydrogens is 354 g/mol. The van der Waals surface area contributed by atoms with E-state index in [1.54, 1.807) is 13.5 Å². The van der Waals surface area contributed by atoms with Crippen molar-refractivity contribution in [1.82, 2.24) is 23.7 Å². The van der Waals surface area contributed by atoms with Crippen molar-refractivity contribution in [3.63, 3.8) is 0 Å². The summed E-state index contributed by atoms with van der Waals surface area (Å²) in [7, 11) is -3.42. The fourth-order valence-corrected chi connectivity index (χ4v) is 5.44. The highest BCUT2D eigenvalue weighted by molar-refractivity contribution is 7.86. The van der Waals surface area contributed by atoms with E-state index in [1.807, 2.05) is 13.8 Å². The number of carbonyl (C=O) groups excluding carboxylic acids is 1. The van der Waals surface area contributed by atoms with Crippen LogP contribution in [0.2, 0.25) is 0 Å². The summed E-state index contributed by atoms with van der Waals surface area (Å²) in [5.74, 6) is -0.115. The summed E-state index contributed by atoms with van der Waals surface area (Å²) >= 11 is 0. The van der Waals surface area contributed by atoms with Crippen LogP contribution in [0.25, 0.3) is 0 Å². The molecule has 146 valence electrons. The lowest BCUT2D eigenvalue weighted by atomic mass is 10.1. The Hall–Kier alpha value is -1.45. The minimum Gasteiger partial charge on any atom is -0.336 e. The second kappa shape index (κ2) is 8.06. The highest BCUT2D eigenvalue weighted by Crippen LogP contribution is 2.19. The van der Waals surface area contributed by atoms with E-state index in [-0.39, 0.29) is 5.91 Å². The van der Waals surface area contributed by atoms with Crippen molar-refractivity contribution in [3.05, 3.63) is 17.0 Å². The van der Waals surface area contributed by atoms with Gasteiger partial charge in [0.2, 0.25) is 0 Å². The maximum absolute atomic E-state index is 12.9. The van der Waals surface area contributed by atoms with E-state index >= 15 is 0 Å². The van der Waals surface area contributed by atoms with Gasteiger partial charge in [-0.2, -0.15) is 22.1 Å². The second-order valence-electron chi connectivity index (χ2n) is 7.04. The van der Waals surface area contributed by atoms with Gasteiger partial charge in [-0.25, -0.2) is 0 Å². The number of piperidine rings is 1. The van der Waals surface area contributed by atoms with Crippen LogP contribution in [0.15, 0.2) is 0 Å². The Balaban J connectivity index is 1.67. The number of hydrogen-bond donors (Lipinski definition) is 1. The summed E-state index contributed by atoms with van der Waals surface area (Å²) in [6.45, 7) is 6.89. The number of aromatic amines is 1. The lowest BCUT2D eigenvalue weighted by molar-refractivity contribution is 0.0757. The van der Waals surface area contributed by atoms with Crippen molar-refractivity contribution < 1.29 is 13.2 Å². The standard InChI is InChI=1S/C17H29N5O3S/c1-3-15-14(2)16(19-18-15)17(23)20-8-7-11-22(13-12-20)26(24,25)21-9-5-4-6-10-21/h3-13H2,1-2H3,(H,18,19). The fraction of sp³-hybridized carbons (Fsp3) is 0.765. The van der Waals surface area contributed by atoms with Crippen LogP contribution in [0.1, 0.15) is 54.4 Å². The average molecular weight is 384 g/mol. The zero-order valence-corrected chi connectivity index (χ0v) is 16.5. The SMILES string of the molecule is CCc1[nH]nc(C(=O)N2CCCN(S(=O)(=O)N3CCCCC3)CC2)c1C. The van der Waals surface area contributed by atoms with Crippen LogP contribution >= 0.6 is 0 Å². The lowest BCUT2D eigenvalue weighted by Crippen LogP contribution is -2.47. The van der Waals surface area contributed by atoms with Crippen LogP contribution in [0, 0.1) is 6.92 Å². The van der Waals surface area contributed by atoms with Crippen molar-refractivity contribution in [2.45, 2.75) is 46.0 Å². The normalized spacial score (nSPS) is 20.9. The maximum atomic E-state index is 12.9. The topological polar surface area (TPSA) is 89.6 Å². The molecule has 3 rings (SSSR count). The third-order valence-electron chi connectivity index (χ3n) is 5.38. The number of aryl methyl sites for hydroxylation is 1. The van der Waals surface area contributed by atoms with E-state index in [4.69, 9.17) is 0 Å². The zero-order chi connectivity index (χ0) is 18.7. The number of hydrogen-bond acceptors (Lipinski definition) is 4. The smallest absolute Gasteiger partial charge is 0.282 e. The number of nitrogens with zero attached hydrogens (tertiary/aromatic N) is 4. The number of amides is 1. The Labute approximate surface area is 155 Å². The molecule has 0 aromatic carbocycles. The minimum absolute atomic E-state index is 0.115. The summed E-state index contributed by atoms with van der Waals surface area (Å²) < 4.78 is 28.9. The molecule has 2 saturated heterocycles. The third-order valence-corrected chi connectivity index (χ3v) is 7.41. The molecule has 0 bridgehead atoms. The lowest BCUT2D eigenvalue weighted by Gasteiger charge is -2.31. The molecule has 0 saturated carbocycles. The quantitative estimate of drug-likeness (QED) is 0.845. The van der Waals surface area contributed by atoms with Gasteiger partial charge in [-0.05, 0) is 32.6 Å². The molecule has 3 heterocycles. The Morgan fingerprint density at radius 2 is 1.65 bits per heavy atom. The molecule has 0 unspecified atom stereocenters. The summed E-state index contributed by atoms with van der Waals surface area (Å²) in [4.78, 5) is 14.6. The van der Waals surface area contributed by atoms with Gasteiger partial charge in [0.1, 0.15) is 0 Å². The van der Waals surface area contributed by atoms with Crippen LogP contribution < -0.4 is 0 Å². The molecule has 0 atom stereocenters. The molecular formula is C17H29N5O3S. The van der Waals surface area contributed by atoms with Gasteiger partial charge in [0.15, 0.2) is 5.69 Å². The molecule has 0 spiro atoms. The molecule has 0 aliphatic carbocycles. The number of nitrogens with one attached hydrogen (secondary N) is 1. The van der Waals surface area contributed by atoms with Gasteiger partial charge in [-0.3, -0.25) is 9.89 Å². The predicted octanol–water partition coefficient (Wildman–Crippen LogP) is 1.16. The van der Waals surface area contributed by atoms with Gasteiger partial charge in [0.25, 0.3) is 16.1 Å². The monoisotopic (exact) mass is 383 g/mol. The Kier molecular flexibility index (Phi) is 5.99. The summed E-state index contributed by atoms with van der Waals surface area (Å²) in [5, 5.41) is 7.10. The van der Waals surface area contributed by atoms with E-state index in [0.717, 1.165) is 36.9 Å². The molecule has 2 aliphatic heterocycles. The predicted molar refractivity (Wildman–Crippen MR) is 99.1 cm³/mol. The van der Waals surface area contributed by atoms with Crippen LogP contribution in [0.5, 0.6) is 0 Å². The van der Waals surface area contributed by atoms with E-state index in [2.05, 4.69) is 10.2 Å². The zero-order valence-electron chi connectivity index (χ0n) is 15.7. The first-order chi connectivity index (χ1) is 12.4. The highest BCUT2D eigenvalue weighted by atomic mass is 32.2. The molecule has 9 heteroatoms. The fourth-order valence-electron chi connectivity index (χ4n) is 3.72. The van der Waals surface area contributed by atoms with Gasteiger partial charge in [0, 0.05) is 50.5 Å². The summed E-state index contributed by atoms with van der Waals surface area (Å²) in [6, 6.07) is 0. The Morgan fingerprint density at radius 3 is 2.31 bits per heavy atom. The number of rotatable bonds is 4. The van der Waals surface area contributed by atoms with Crippen molar-refractivity contribution in [2.75, 3.05) is 39.3 Å². The average Bonchev–Trinajstić information content (AvgIpc) is 2.86. The number of H-pyrrole nitrogens is 1. The van der Waals surface area contributed by atoms with Gasteiger partial charge >= 0.3 is 0 Å². The van der Waals surface area contributed by atoms with Crippen molar-refractivity contribution >= 4 is 16.1 Å². The van der Waals surface area contributed by atoms with E-state index in [9.17, 15) is 13.2 Å². The molecule has 1 amide bonds. The Bertz CT molecular complexity index is 740. The van der Waals surface area contributed by atoms with Crippen LogP contribution in [-0.2, 0) is 16.6 Å². The van der Waals surface area contributed by atoms with Gasteiger partial charge in [-0.1, -0.05) is 13.3 Å². The maximum Gasteiger partial charge on any atom is 0.282 e. The molecule has 1 aromatic rings. The van der Waals surface area contributed by atoms with Crippen LogP contribution in [-0.4, -0.2) is 77.3 Å². The first kappa shape index (κ1) is 19.3. The molecule has 8 nitrogen and oxygen atoms in total. The van der Waals surface area contributed by atoms with E-state index in [0.29, 0.717) is 51.4 Å². The molecule has 2 fully saturated rings. The van der Waals surface area contributed by atoms with Gasteiger partial charge in [-0.15, -0.1) is 0 Å². The van der Waals surface area contributed by atoms with Crippen molar-refractivity contribution in [2.24, 2.45) is 0 Å². The third kappa shape index (κ3) is 3.79. The minimum atomic E-state index is -3.42. The van der Waals surface area contributed by atoms with E-state index < -0.39 is 10.2 Å².